The Morgan fingerprint density at radius 1 is 0.981 bits per heavy atom. The first-order valence-corrected chi connectivity index (χ1v) is 18.4. The Labute approximate surface area is 295 Å². The number of H-pyrrole nitrogens is 1. The van der Waals surface area contributed by atoms with Crippen molar-refractivity contribution in [1.82, 2.24) is 39.0 Å². The fraction of sp³-hybridized carbons (Fsp3) is 0.444. The van der Waals surface area contributed by atoms with Gasteiger partial charge in [-0.2, -0.15) is 9.29 Å². The molecule has 26 heteroatoms. The van der Waals surface area contributed by atoms with E-state index in [2.05, 4.69) is 33.8 Å². The predicted octanol–water partition coefficient (Wildman–Crippen LogP) is -2.42. The van der Waals surface area contributed by atoms with Crippen LogP contribution in [0.4, 0.5) is 5.82 Å². The highest BCUT2D eigenvalue weighted by Crippen LogP contribution is 2.60. The first kappa shape index (κ1) is 38.6. The Kier molecular flexibility index (Phi) is 10.6. The van der Waals surface area contributed by atoms with Crippen LogP contribution in [0.15, 0.2) is 34.4 Å². The van der Waals surface area contributed by atoms with Gasteiger partial charge in [-0.15, -0.1) is 0 Å². The maximum atomic E-state index is 12.5. The quantitative estimate of drug-likeness (QED) is 0.0443. The number of nitrogens with zero attached hydrogens (tertiary/aromatic N) is 7. The van der Waals surface area contributed by atoms with E-state index >= 15 is 0 Å². The summed E-state index contributed by atoms with van der Waals surface area (Å²) in [6.45, 7) is 0.795. The molecule has 0 amide bonds. The Morgan fingerprint density at radius 3 is 2.42 bits per heavy atom. The van der Waals surface area contributed by atoms with Crippen molar-refractivity contribution in [2.24, 2.45) is 0 Å². The number of aliphatic hydroxyl groups excluding tert-OH is 5. The van der Waals surface area contributed by atoms with Gasteiger partial charge in [0, 0.05) is 0 Å². The summed E-state index contributed by atoms with van der Waals surface area (Å²) in [5.41, 5.74) is 6.11. The lowest BCUT2D eigenvalue weighted by Crippen LogP contribution is -2.42. The molecule has 2 unspecified atom stereocenters. The minimum absolute atomic E-state index is 0.0293. The molecule has 9 atom stereocenters. The van der Waals surface area contributed by atoms with Gasteiger partial charge in [-0.3, -0.25) is 23.4 Å². The number of ether oxygens (including phenoxy) is 1. The minimum atomic E-state index is -5.54. The standard InChI is InChI=1S/C27H33N9O15P2/c1-10-3-12-13(4-11(10)2)35(24-18(32-12)25(42)34-27(43)33-24)5-14(37)19(39)15(38)6-48-52(44,45)51-53(46,47)49-7-16-20(40)21(41)26(50-16)36-9-31-17-22(28)29-8-30-23(17)36/h3-4,8-9,14-16,19-21,26,37-41H,5-7H2,1-2H3,(H,44,45)(H,46,47)(H2,28,29,30)(H,34,42,43)/t14-,15+,16-,19-,20-,21-,26-/m0/s1. The number of phosphoric ester groups is 2. The predicted molar refractivity (Wildman–Crippen MR) is 177 cm³/mol. The number of nitrogens with two attached hydrogens (primary N) is 1. The fourth-order valence-corrected chi connectivity index (χ4v) is 7.65. The smallest absolute Gasteiger partial charge is 0.388 e. The number of hydrogen-bond donors (Lipinski definition) is 9. The van der Waals surface area contributed by atoms with Crippen LogP contribution in [0.3, 0.4) is 0 Å². The van der Waals surface area contributed by atoms with Crippen molar-refractivity contribution in [3.8, 4) is 11.5 Å². The van der Waals surface area contributed by atoms with E-state index in [1.807, 2.05) is 4.98 Å². The molecule has 24 nitrogen and oxygen atoms in total. The van der Waals surface area contributed by atoms with E-state index in [0.29, 0.717) is 5.52 Å². The number of hydrogen-bond acceptors (Lipinski definition) is 19. The molecule has 0 spiro atoms. The molecule has 0 radical (unpaired) electrons. The van der Waals surface area contributed by atoms with Crippen molar-refractivity contribution in [2.45, 2.75) is 63.2 Å². The molecule has 2 aromatic heterocycles. The molecule has 6 rings (SSSR count). The van der Waals surface area contributed by atoms with Crippen LogP contribution in [0.2, 0.25) is 0 Å². The molecule has 5 heterocycles. The van der Waals surface area contributed by atoms with Crippen molar-refractivity contribution < 1.29 is 62.5 Å². The second kappa shape index (κ2) is 14.6. The second-order valence-electron chi connectivity index (χ2n) is 12.1. The van der Waals surface area contributed by atoms with Crippen molar-refractivity contribution in [3.05, 3.63) is 56.8 Å². The molecule has 1 aromatic carbocycles. The van der Waals surface area contributed by atoms with Crippen LogP contribution in [0.1, 0.15) is 17.4 Å². The Balaban J connectivity index is 1.07. The molecular formula is C27H33N9O15P2. The molecule has 3 aromatic rings. The highest BCUT2D eigenvalue weighted by molar-refractivity contribution is 7.61. The van der Waals surface area contributed by atoms with Gasteiger partial charge in [0.1, 0.15) is 48.5 Å². The van der Waals surface area contributed by atoms with E-state index < -0.39 is 89.5 Å². The first-order chi connectivity index (χ1) is 24.9. The Hall–Kier alpha value is -4.13. The van der Waals surface area contributed by atoms with Gasteiger partial charge in [-0.1, -0.05) is 0 Å². The van der Waals surface area contributed by atoms with E-state index in [9.17, 15) is 54.0 Å². The van der Waals surface area contributed by atoms with Crippen molar-refractivity contribution in [3.63, 3.8) is 0 Å². The molecule has 10 N–H and O–H groups in total. The SMILES string of the molecule is Cc1cc2nc3c(=O)[nH]c(=O)nc-3n(C[C@H](O)[C@H](O)[C@H](O)COP(=O)(O)OP(=O)(O)OC[C@@H]3O[C@H](n4cnc5c(N)ncnc54)[C@@H](O)[C@H]3O)c2cc1C. The lowest BCUT2D eigenvalue weighted by atomic mass is 10.1. The van der Waals surface area contributed by atoms with Crippen LogP contribution < -0.4 is 17.0 Å². The number of benzene rings is 1. The average molecular weight is 786 g/mol. The topological polar surface area (TPSA) is 363 Å². The van der Waals surface area contributed by atoms with Gasteiger partial charge >= 0.3 is 21.3 Å². The van der Waals surface area contributed by atoms with Gasteiger partial charge in [0.05, 0.1) is 37.1 Å². The molecule has 3 aliphatic rings. The summed E-state index contributed by atoms with van der Waals surface area (Å²) in [5, 5.41) is 53.0. The maximum Gasteiger partial charge on any atom is 0.481 e. The minimum Gasteiger partial charge on any atom is -0.388 e. The van der Waals surface area contributed by atoms with Gasteiger partial charge in [0.25, 0.3) is 5.56 Å². The molecule has 1 saturated heterocycles. The summed E-state index contributed by atoms with van der Waals surface area (Å²) in [5.74, 6) is -0.212. The molecule has 53 heavy (non-hydrogen) atoms. The Bertz CT molecular complexity index is 2350. The zero-order valence-corrected chi connectivity index (χ0v) is 29.3. The van der Waals surface area contributed by atoms with Crippen LogP contribution in [0.25, 0.3) is 33.7 Å². The molecule has 0 aliphatic carbocycles. The summed E-state index contributed by atoms with van der Waals surface area (Å²) < 4.78 is 46.6. The third-order valence-corrected chi connectivity index (χ3v) is 11.0. The Morgan fingerprint density at radius 2 is 1.68 bits per heavy atom. The lowest BCUT2D eigenvalue weighted by molar-refractivity contribution is -0.0794. The molecule has 1 fully saturated rings. The maximum absolute atomic E-state index is 12.5. The summed E-state index contributed by atoms with van der Waals surface area (Å²) >= 11 is 0. The van der Waals surface area contributed by atoms with E-state index in [4.69, 9.17) is 15.0 Å². The van der Waals surface area contributed by atoms with Crippen LogP contribution in [0.5, 0.6) is 0 Å². The lowest BCUT2D eigenvalue weighted by Gasteiger charge is -2.26. The highest BCUT2D eigenvalue weighted by atomic mass is 31.3. The highest BCUT2D eigenvalue weighted by Gasteiger charge is 2.46. The van der Waals surface area contributed by atoms with Gasteiger partial charge in [-0.05, 0) is 37.1 Å². The van der Waals surface area contributed by atoms with Crippen molar-refractivity contribution in [2.75, 3.05) is 18.9 Å². The molecular weight excluding hydrogens is 752 g/mol. The monoisotopic (exact) mass is 785 g/mol. The number of aliphatic hydroxyl groups is 5. The van der Waals surface area contributed by atoms with Gasteiger partial charge in [0.15, 0.2) is 29.2 Å². The second-order valence-corrected chi connectivity index (χ2v) is 15.1. The molecule has 286 valence electrons. The van der Waals surface area contributed by atoms with Crippen LogP contribution in [-0.4, -0.2) is 124 Å². The number of nitrogens with one attached hydrogen (secondary N) is 1. The zero-order valence-electron chi connectivity index (χ0n) is 27.5. The van der Waals surface area contributed by atoms with Crippen LogP contribution >= 0.6 is 15.6 Å². The van der Waals surface area contributed by atoms with Gasteiger partial charge < -0.3 is 50.4 Å². The number of fused-ring (bicyclic) bond motifs is 3. The average Bonchev–Trinajstić information content (AvgIpc) is 3.63. The molecule has 0 saturated carbocycles. The van der Waals surface area contributed by atoms with E-state index in [-0.39, 0.29) is 34.0 Å². The summed E-state index contributed by atoms with van der Waals surface area (Å²) in [6, 6.07) is 3.29. The van der Waals surface area contributed by atoms with Crippen molar-refractivity contribution in [1.29, 1.82) is 0 Å². The largest absolute Gasteiger partial charge is 0.481 e. The molecule has 3 aliphatic heterocycles. The number of phosphoric acid groups is 2. The van der Waals surface area contributed by atoms with Crippen molar-refractivity contribution >= 4 is 43.7 Å². The number of anilines is 1. The number of aromatic amines is 1. The summed E-state index contributed by atoms with van der Waals surface area (Å²) in [6.07, 6.45) is -9.93. The fourth-order valence-electron chi connectivity index (χ4n) is 5.55. The molecule has 0 bridgehead atoms. The van der Waals surface area contributed by atoms with Crippen LogP contribution in [-0.2, 0) is 33.8 Å². The third-order valence-electron chi connectivity index (χ3n) is 8.40. The van der Waals surface area contributed by atoms with E-state index in [1.165, 1.54) is 15.5 Å². The van der Waals surface area contributed by atoms with E-state index in [1.54, 1.807) is 26.0 Å². The van der Waals surface area contributed by atoms with Gasteiger partial charge in [0.2, 0.25) is 0 Å². The first-order valence-electron chi connectivity index (χ1n) is 15.4. The number of rotatable bonds is 13. The van der Waals surface area contributed by atoms with Crippen LogP contribution in [0, 0.1) is 13.8 Å². The summed E-state index contributed by atoms with van der Waals surface area (Å²) in [7, 11) is -11.0. The van der Waals surface area contributed by atoms with E-state index in [0.717, 1.165) is 17.5 Å². The normalized spacial score (nSPS) is 23.3. The third kappa shape index (κ3) is 7.91. The number of imidazole rings is 1. The number of nitrogen functional groups attached to an aromatic ring is 1. The van der Waals surface area contributed by atoms with Gasteiger partial charge in [-0.25, -0.2) is 33.9 Å². The summed E-state index contributed by atoms with van der Waals surface area (Å²) in [4.78, 5) is 66.6. The number of aryl methyl sites for hydroxylation is 2. The number of aromatic nitrogens is 8. The zero-order chi connectivity index (χ0) is 38.6.